The third kappa shape index (κ3) is 4.96. The van der Waals surface area contributed by atoms with Crippen molar-refractivity contribution in [3.05, 3.63) is 78.4 Å². The van der Waals surface area contributed by atoms with Gasteiger partial charge in [0.15, 0.2) is 0 Å². The van der Waals surface area contributed by atoms with E-state index in [0.29, 0.717) is 13.1 Å². The van der Waals surface area contributed by atoms with Gasteiger partial charge in [0.1, 0.15) is 11.8 Å². The van der Waals surface area contributed by atoms with Gasteiger partial charge in [-0.25, -0.2) is 0 Å². The van der Waals surface area contributed by atoms with Crippen molar-refractivity contribution in [2.75, 3.05) is 13.7 Å². The predicted octanol–water partition coefficient (Wildman–Crippen LogP) is 3.09. The Kier molecular flexibility index (Phi) is 6.97. The highest BCUT2D eigenvalue weighted by atomic mass is 16.5. The first-order chi connectivity index (χ1) is 12.6. The zero-order chi connectivity index (χ0) is 18.9. The van der Waals surface area contributed by atoms with E-state index in [0.717, 1.165) is 16.9 Å². The van der Waals surface area contributed by atoms with E-state index in [2.05, 4.69) is 11.9 Å². The number of carbonyl (C=O) groups excluding carboxylic acids is 2. The number of methoxy groups -OCH3 is 1. The number of carbonyl (C=O) groups is 2. The van der Waals surface area contributed by atoms with E-state index in [9.17, 15) is 9.59 Å². The number of nitrogens with zero attached hydrogens (tertiary/aromatic N) is 1. The fraction of sp³-hybridized carbons (Fsp3) is 0.238. The monoisotopic (exact) mass is 352 g/mol. The normalized spacial score (nSPS) is 11.3. The van der Waals surface area contributed by atoms with Crippen LogP contribution in [0.15, 0.2) is 67.3 Å². The lowest BCUT2D eigenvalue weighted by Crippen LogP contribution is -2.42. The summed E-state index contributed by atoms with van der Waals surface area (Å²) in [7, 11) is 1.60. The van der Waals surface area contributed by atoms with Crippen LogP contribution >= 0.6 is 0 Å². The molecule has 5 heteroatoms. The average Bonchev–Trinajstić information content (AvgIpc) is 2.67. The summed E-state index contributed by atoms with van der Waals surface area (Å²) in [6.07, 6.45) is 1.61. The molecule has 0 heterocycles. The second kappa shape index (κ2) is 9.42. The van der Waals surface area contributed by atoms with Gasteiger partial charge >= 0.3 is 0 Å². The molecule has 0 saturated carbocycles. The Bertz CT molecular complexity index is 742. The smallest absolute Gasteiger partial charge is 0.247 e. The minimum atomic E-state index is -0.712. The van der Waals surface area contributed by atoms with Crippen LogP contribution in [-0.4, -0.2) is 30.4 Å². The molecule has 0 spiro atoms. The predicted molar refractivity (Wildman–Crippen MR) is 102 cm³/mol. The minimum Gasteiger partial charge on any atom is -0.497 e. The lowest BCUT2D eigenvalue weighted by atomic mass is 10.0. The van der Waals surface area contributed by atoms with E-state index in [1.54, 1.807) is 18.1 Å². The zero-order valence-corrected chi connectivity index (χ0v) is 15.1. The Hall–Kier alpha value is -3.08. The molecule has 0 bridgehead atoms. The van der Waals surface area contributed by atoms with Crippen molar-refractivity contribution in [2.24, 2.45) is 0 Å². The fourth-order valence-electron chi connectivity index (χ4n) is 2.69. The maximum Gasteiger partial charge on any atom is 0.247 e. The number of hydrogen-bond acceptors (Lipinski definition) is 3. The van der Waals surface area contributed by atoms with Crippen LogP contribution in [0.5, 0.6) is 5.75 Å². The van der Waals surface area contributed by atoms with Gasteiger partial charge in [-0.15, -0.1) is 6.58 Å². The van der Waals surface area contributed by atoms with Gasteiger partial charge in [0.2, 0.25) is 11.8 Å². The van der Waals surface area contributed by atoms with Crippen LogP contribution < -0.4 is 10.1 Å². The average molecular weight is 352 g/mol. The standard InChI is InChI=1S/C21H24N2O3/c1-4-14-22-21(25)20(18-8-6-5-7-9-18)23(16(2)24)15-17-10-12-19(26-3)13-11-17/h4-13,20H,1,14-15H2,2-3H3,(H,22,25). The van der Waals surface area contributed by atoms with Gasteiger partial charge in [-0.1, -0.05) is 48.5 Å². The molecule has 0 aromatic heterocycles. The molecular formula is C21H24N2O3. The second-order valence-electron chi connectivity index (χ2n) is 5.84. The Morgan fingerprint density at radius 3 is 2.35 bits per heavy atom. The molecule has 0 aliphatic carbocycles. The molecule has 0 radical (unpaired) electrons. The number of nitrogens with one attached hydrogen (secondary N) is 1. The lowest BCUT2D eigenvalue weighted by Gasteiger charge is -2.30. The summed E-state index contributed by atoms with van der Waals surface area (Å²) in [6.45, 7) is 5.76. The van der Waals surface area contributed by atoms with Crippen LogP contribution in [0, 0.1) is 0 Å². The first kappa shape index (κ1) is 19.2. The number of amides is 2. The first-order valence-corrected chi connectivity index (χ1v) is 8.40. The maximum atomic E-state index is 12.8. The van der Waals surface area contributed by atoms with Crippen molar-refractivity contribution >= 4 is 11.8 Å². The third-order valence-corrected chi connectivity index (χ3v) is 4.01. The van der Waals surface area contributed by atoms with Crippen LogP contribution in [-0.2, 0) is 16.1 Å². The number of ether oxygens (including phenoxy) is 1. The summed E-state index contributed by atoms with van der Waals surface area (Å²) >= 11 is 0. The molecule has 1 N–H and O–H groups in total. The van der Waals surface area contributed by atoms with E-state index in [4.69, 9.17) is 4.74 Å². The van der Waals surface area contributed by atoms with Crippen molar-refractivity contribution in [3.63, 3.8) is 0 Å². The molecule has 26 heavy (non-hydrogen) atoms. The van der Waals surface area contributed by atoms with Gasteiger partial charge in [-0.05, 0) is 23.3 Å². The van der Waals surface area contributed by atoms with Crippen LogP contribution in [0.1, 0.15) is 24.1 Å². The molecule has 0 aliphatic heterocycles. The van der Waals surface area contributed by atoms with E-state index in [1.807, 2.05) is 54.6 Å². The molecule has 2 aromatic rings. The summed E-state index contributed by atoms with van der Waals surface area (Å²) in [6, 6.07) is 16.0. The fourth-order valence-corrected chi connectivity index (χ4v) is 2.69. The number of hydrogen-bond donors (Lipinski definition) is 1. The Balaban J connectivity index is 2.34. The van der Waals surface area contributed by atoms with Crippen molar-refractivity contribution in [1.29, 1.82) is 0 Å². The van der Waals surface area contributed by atoms with E-state index in [1.165, 1.54) is 6.92 Å². The SMILES string of the molecule is C=CCNC(=O)C(c1ccccc1)N(Cc1ccc(OC)cc1)C(C)=O. The van der Waals surface area contributed by atoms with Crippen LogP contribution in [0.25, 0.3) is 0 Å². The van der Waals surface area contributed by atoms with Crippen LogP contribution in [0.4, 0.5) is 0 Å². The van der Waals surface area contributed by atoms with Crippen molar-refractivity contribution in [2.45, 2.75) is 19.5 Å². The maximum absolute atomic E-state index is 12.8. The first-order valence-electron chi connectivity index (χ1n) is 8.40. The van der Waals surface area contributed by atoms with Crippen molar-refractivity contribution in [3.8, 4) is 5.75 Å². The molecule has 0 fully saturated rings. The van der Waals surface area contributed by atoms with Gasteiger partial charge < -0.3 is 15.0 Å². The molecule has 0 aliphatic rings. The van der Waals surface area contributed by atoms with Gasteiger partial charge in [-0.2, -0.15) is 0 Å². The molecule has 2 amide bonds. The summed E-state index contributed by atoms with van der Waals surface area (Å²) in [5.41, 5.74) is 1.68. The van der Waals surface area contributed by atoms with E-state index < -0.39 is 6.04 Å². The second-order valence-corrected chi connectivity index (χ2v) is 5.84. The van der Waals surface area contributed by atoms with Crippen LogP contribution in [0.2, 0.25) is 0 Å². The molecule has 2 aromatic carbocycles. The summed E-state index contributed by atoms with van der Waals surface area (Å²) in [5, 5.41) is 2.80. The molecule has 136 valence electrons. The van der Waals surface area contributed by atoms with Gasteiger partial charge in [0.05, 0.1) is 7.11 Å². The Morgan fingerprint density at radius 1 is 1.15 bits per heavy atom. The number of rotatable bonds is 8. The third-order valence-electron chi connectivity index (χ3n) is 4.01. The van der Waals surface area contributed by atoms with Crippen molar-refractivity contribution < 1.29 is 14.3 Å². The highest BCUT2D eigenvalue weighted by molar-refractivity contribution is 5.88. The Labute approximate surface area is 154 Å². The highest BCUT2D eigenvalue weighted by Crippen LogP contribution is 2.24. The molecule has 5 nitrogen and oxygen atoms in total. The summed E-state index contributed by atoms with van der Waals surface area (Å²) in [4.78, 5) is 26.7. The molecule has 1 atom stereocenters. The van der Waals surface area contributed by atoms with E-state index in [-0.39, 0.29) is 11.8 Å². The van der Waals surface area contributed by atoms with E-state index >= 15 is 0 Å². The molecular weight excluding hydrogens is 328 g/mol. The quantitative estimate of drug-likeness (QED) is 0.743. The number of benzene rings is 2. The molecule has 2 rings (SSSR count). The zero-order valence-electron chi connectivity index (χ0n) is 15.1. The van der Waals surface area contributed by atoms with Gasteiger partial charge in [-0.3, -0.25) is 9.59 Å². The minimum absolute atomic E-state index is 0.177. The summed E-state index contributed by atoms with van der Waals surface area (Å²) in [5.74, 6) is 0.328. The van der Waals surface area contributed by atoms with Crippen molar-refractivity contribution in [1.82, 2.24) is 10.2 Å². The topological polar surface area (TPSA) is 58.6 Å². The van der Waals surface area contributed by atoms with Crippen LogP contribution in [0.3, 0.4) is 0 Å². The summed E-state index contributed by atoms with van der Waals surface area (Å²) < 4.78 is 5.17. The van der Waals surface area contributed by atoms with Gasteiger partial charge in [0.25, 0.3) is 0 Å². The lowest BCUT2D eigenvalue weighted by molar-refractivity contribution is -0.139. The molecule has 1 unspecified atom stereocenters. The molecule has 0 saturated heterocycles. The highest BCUT2D eigenvalue weighted by Gasteiger charge is 2.29. The Morgan fingerprint density at radius 2 is 1.81 bits per heavy atom. The van der Waals surface area contributed by atoms with Gasteiger partial charge in [0, 0.05) is 20.0 Å². The largest absolute Gasteiger partial charge is 0.497 e.